The minimum atomic E-state index is -0.365. The summed E-state index contributed by atoms with van der Waals surface area (Å²) in [4.78, 5) is 27.4. The molecule has 0 saturated carbocycles. The van der Waals surface area contributed by atoms with E-state index in [9.17, 15) is 9.59 Å². The molecule has 6 heteroatoms. The van der Waals surface area contributed by atoms with Crippen LogP contribution >= 0.6 is 0 Å². The molecule has 0 atom stereocenters. The highest BCUT2D eigenvalue weighted by Gasteiger charge is 2.19. The fourth-order valence-electron chi connectivity index (χ4n) is 3.79. The number of carbonyl (C=O) groups excluding carboxylic acids is 2. The molecule has 1 aliphatic carbocycles. The number of nitrogens with zero attached hydrogens (tertiary/aromatic N) is 1. The van der Waals surface area contributed by atoms with Crippen LogP contribution in [0.5, 0.6) is 0 Å². The van der Waals surface area contributed by atoms with Crippen molar-refractivity contribution in [2.24, 2.45) is 0 Å². The molecule has 1 aromatic rings. The van der Waals surface area contributed by atoms with Crippen LogP contribution in [0.15, 0.2) is 71.1 Å². The number of allylic oxidation sites excluding steroid dienone is 5. The minimum Gasteiger partial charge on any atom is -0.463 e. The molecular formula is C29H41N3O3. The summed E-state index contributed by atoms with van der Waals surface area (Å²) < 4.78 is 5.08. The first-order valence-electron chi connectivity index (χ1n) is 12.7. The average Bonchev–Trinajstić information content (AvgIpc) is 3.03. The van der Waals surface area contributed by atoms with E-state index in [1.54, 1.807) is 6.92 Å². The van der Waals surface area contributed by atoms with Crippen LogP contribution in [0.25, 0.3) is 0 Å². The molecule has 0 saturated heterocycles. The molecule has 0 radical (unpaired) electrons. The number of unbranched alkanes of at least 4 members (excludes halogenated alkanes) is 2. The Labute approximate surface area is 210 Å². The highest BCUT2D eigenvalue weighted by molar-refractivity contribution is 5.91. The molecule has 0 fully saturated rings. The lowest BCUT2D eigenvalue weighted by atomic mass is 10.1. The Kier molecular flexibility index (Phi) is 11.9. The second-order valence-electron chi connectivity index (χ2n) is 8.76. The first kappa shape index (κ1) is 28.0. The van der Waals surface area contributed by atoms with Gasteiger partial charge in [0, 0.05) is 24.9 Å². The van der Waals surface area contributed by atoms with Gasteiger partial charge in [0.15, 0.2) is 0 Å². The molecule has 0 spiro atoms. The summed E-state index contributed by atoms with van der Waals surface area (Å²) in [6.07, 6.45) is 12.8. The van der Waals surface area contributed by atoms with E-state index in [0.29, 0.717) is 13.0 Å². The Morgan fingerprint density at radius 2 is 1.66 bits per heavy atom. The van der Waals surface area contributed by atoms with Gasteiger partial charge < -0.3 is 20.3 Å². The number of carbonyl (C=O) groups is 2. The van der Waals surface area contributed by atoms with Crippen LogP contribution in [0.3, 0.4) is 0 Å². The molecule has 2 N–H and O–H groups in total. The predicted octanol–water partition coefficient (Wildman–Crippen LogP) is 6.63. The van der Waals surface area contributed by atoms with Crippen molar-refractivity contribution >= 4 is 17.7 Å². The van der Waals surface area contributed by atoms with Gasteiger partial charge in [-0.3, -0.25) is 0 Å². The van der Waals surface area contributed by atoms with Crippen molar-refractivity contribution in [3.05, 3.63) is 76.7 Å². The number of urea groups is 1. The lowest BCUT2D eigenvalue weighted by Crippen LogP contribution is -2.35. The van der Waals surface area contributed by atoms with E-state index >= 15 is 0 Å². The number of anilines is 1. The predicted molar refractivity (Wildman–Crippen MR) is 144 cm³/mol. The van der Waals surface area contributed by atoms with Gasteiger partial charge in [0.2, 0.25) is 0 Å². The molecule has 0 unspecified atom stereocenters. The maximum atomic E-state index is 13.0. The summed E-state index contributed by atoms with van der Waals surface area (Å²) in [5, 5.41) is 6.02. The van der Waals surface area contributed by atoms with Crippen LogP contribution in [0.2, 0.25) is 0 Å². The number of amides is 2. The first-order valence-corrected chi connectivity index (χ1v) is 12.7. The van der Waals surface area contributed by atoms with Crippen molar-refractivity contribution in [3.8, 4) is 0 Å². The number of benzene rings is 1. The van der Waals surface area contributed by atoms with Crippen molar-refractivity contribution in [1.82, 2.24) is 10.2 Å². The zero-order valence-electron chi connectivity index (χ0n) is 21.9. The number of nitrogens with one attached hydrogen (secondary N) is 2. The number of hydrogen-bond acceptors (Lipinski definition) is 4. The van der Waals surface area contributed by atoms with Crippen molar-refractivity contribution in [1.29, 1.82) is 0 Å². The second kappa shape index (κ2) is 14.9. The fraction of sp³-hybridized carbons (Fsp3) is 0.448. The van der Waals surface area contributed by atoms with E-state index in [1.165, 1.54) is 6.08 Å². The zero-order chi connectivity index (χ0) is 25.6. The van der Waals surface area contributed by atoms with E-state index in [4.69, 9.17) is 4.74 Å². The van der Waals surface area contributed by atoms with Crippen molar-refractivity contribution in [2.75, 3.05) is 25.0 Å². The molecule has 0 bridgehead atoms. The van der Waals surface area contributed by atoms with Gasteiger partial charge in [0.05, 0.1) is 18.0 Å². The topological polar surface area (TPSA) is 70.7 Å². The highest BCUT2D eigenvalue weighted by atomic mass is 16.5. The summed E-state index contributed by atoms with van der Waals surface area (Å²) in [5.74, 6) is -0.365. The molecule has 190 valence electrons. The summed E-state index contributed by atoms with van der Waals surface area (Å²) in [6.45, 7) is 12.2. The standard InChI is InChI=1S/C29H41N3O3/c1-6-9-18-32(19-10-7-2)27-13-11-12-24(23(5)20-28(33)35-8-3)21-26(27)31-29(34)30-25-16-14-22(4)15-17-25/h12-17,20-21H,6-11,18-19H2,1-5H3,(H2,30,31,34)/b23-20+. The molecular weight excluding hydrogens is 438 g/mol. The number of aryl methyl sites for hydroxylation is 1. The number of ether oxygens (including phenoxy) is 1. The summed E-state index contributed by atoms with van der Waals surface area (Å²) in [6, 6.07) is 7.41. The molecule has 35 heavy (non-hydrogen) atoms. The van der Waals surface area contributed by atoms with Crippen molar-refractivity contribution < 1.29 is 14.3 Å². The summed E-state index contributed by atoms with van der Waals surface area (Å²) in [7, 11) is 0. The van der Waals surface area contributed by atoms with Crippen molar-refractivity contribution in [3.63, 3.8) is 0 Å². The Bertz CT molecular complexity index is 963. The Morgan fingerprint density at radius 1 is 1.00 bits per heavy atom. The molecule has 2 rings (SSSR count). The van der Waals surface area contributed by atoms with Crippen LogP contribution < -0.4 is 10.6 Å². The van der Waals surface area contributed by atoms with Gasteiger partial charge in [0.25, 0.3) is 0 Å². The van der Waals surface area contributed by atoms with Crippen LogP contribution in [0, 0.1) is 6.92 Å². The first-order chi connectivity index (χ1) is 16.9. The minimum absolute atomic E-state index is 0.301. The third-order valence-electron chi connectivity index (χ3n) is 5.76. The van der Waals surface area contributed by atoms with Crippen molar-refractivity contribution in [2.45, 2.75) is 66.7 Å². The maximum Gasteiger partial charge on any atom is 0.331 e. The van der Waals surface area contributed by atoms with E-state index < -0.39 is 0 Å². The van der Waals surface area contributed by atoms with Gasteiger partial charge in [-0.15, -0.1) is 0 Å². The third-order valence-corrected chi connectivity index (χ3v) is 5.76. The lowest BCUT2D eigenvalue weighted by Gasteiger charge is -2.29. The van der Waals surface area contributed by atoms with Crippen LogP contribution in [-0.4, -0.2) is 36.6 Å². The van der Waals surface area contributed by atoms with Gasteiger partial charge in [-0.25, -0.2) is 9.59 Å². The van der Waals surface area contributed by atoms with Gasteiger partial charge in [-0.2, -0.15) is 0 Å². The summed E-state index contributed by atoms with van der Waals surface area (Å²) >= 11 is 0. The van der Waals surface area contributed by atoms with E-state index in [0.717, 1.165) is 72.6 Å². The molecule has 2 amide bonds. The van der Waals surface area contributed by atoms with Gasteiger partial charge in [0.1, 0.15) is 0 Å². The largest absolute Gasteiger partial charge is 0.463 e. The molecule has 1 aliphatic rings. The maximum absolute atomic E-state index is 13.0. The normalized spacial score (nSPS) is 13.7. The Morgan fingerprint density at radius 3 is 2.26 bits per heavy atom. The Hall–Kier alpha value is -3.28. The van der Waals surface area contributed by atoms with E-state index in [2.05, 4.69) is 41.5 Å². The molecule has 6 nitrogen and oxygen atoms in total. The van der Waals surface area contributed by atoms with Crippen LogP contribution in [0.4, 0.5) is 10.5 Å². The number of esters is 1. The Balaban J connectivity index is 2.36. The molecule has 1 aromatic carbocycles. The molecule has 0 aliphatic heterocycles. The van der Waals surface area contributed by atoms with Gasteiger partial charge >= 0.3 is 12.0 Å². The fourth-order valence-corrected chi connectivity index (χ4v) is 3.79. The smallest absolute Gasteiger partial charge is 0.331 e. The average molecular weight is 480 g/mol. The van der Waals surface area contributed by atoms with E-state index in [1.807, 2.05) is 44.2 Å². The summed E-state index contributed by atoms with van der Waals surface area (Å²) in [5.41, 5.74) is 5.29. The monoisotopic (exact) mass is 479 g/mol. The van der Waals surface area contributed by atoms with Gasteiger partial charge in [-0.05, 0) is 69.4 Å². The van der Waals surface area contributed by atoms with Crippen LogP contribution in [0.1, 0.15) is 65.4 Å². The second-order valence-corrected chi connectivity index (χ2v) is 8.76. The third kappa shape index (κ3) is 9.47. The van der Waals surface area contributed by atoms with Gasteiger partial charge in [-0.1, -0.05) is 56.5 Å². The van der Waals surface area contributed by atoms with E-state index in [-0.39, 0.29) is 12.0 Å². The number of rotatable bonds is 12. The highest BCUT2D eigenvalue weighted by Crippen LogP contribution is 2.25. The molecule has 0 heterocycles. The number of hydrogen-bond donors (Lipinski definition) is 2. The van der Waals surface area contributed by atoms with Crippen LogP contribution in [-0.2, 0) is 9.53 Å². The SMILES string of the molecule is CCCCN(CCCC)C1=CCC=C(/C(C)=C/C(=O)OCC)C=C1NC(=O)Nc1ccc(C)cc1. The quantitative estimate of drug-likeness (QED) is 0.261. The lowest BCUT2D eigenvalue weighted by molar-refractivity contribution is -0.137. The molecule has 0 aromatic heterocycles. The zero-order valence-corrected chi connectivity index (χ0v) is 21.9.